The summed E-state index contributed by atoms with van der Waals surface area (Å²) in [5, 5.41) is 0. The van der Waals surface area contributed by atoms with Crippen molar-refractivity contribution in [3.63, 3.8) is 0 Å². The van der Waals surface area contributed by atoms with E-state index in [0.717, 1.165) is 18.2 Å². The van der Waals surface area contributed by atoms with Gasteiger partial charge in [0.05, 0.1) is 4.90 Å². The van der Waals surface area contributed by atoms with Crippen LogP contribution in [0.3, 0.4) is 0 Å². The SMILES string of the molecule is O=S(=O)(NC1(C(F)(F)F)CC1)c1ccc(F)cc1Br. The van der Waals surface area contributed by atoms with E-state index in [4.69, 9.17) is 0 Å². The van der Waals surface area contributed by atoms with Crippen molar-refractivity contribution in [1.29, 1.82) is 0 Å². The van der Waals surface area contributed by atoms with Crippen LogP contribution >= 0.6 is 15.9 Å². The maximum Gasteiger partial charge on any atom is 0.407 e. The Balaban J connectivity index is 2.34. The molecule has 2 rings (SSSR count). The minimum atomic E-state index is -4.65. The van der Waals surface area contributed by atoms with Crippen LogP contribution in [-0.2, 0) is 10.0 Å². The highest BCUT2D eigenvalue weighted by molar-refractivity contribution is 9.10. The zero-order valence-electron chi connectivity index (χ0n) is 9.26. The second-order valence-electron chi connectivity index (χ2n) is 4.26. The molecule has 1 aliphatic rings. The van der Waals surface area contributed by atoms with Crippen molar-refractivity contribution < 1.29 is 26.0 Å². The maximum atomic E-state index is 12.8. The summed E-state index contributed by atoms with van der Waals surface area (Å²) in [6.07, 6.45) is -5.24. The highest BCUT2D eigenvalue weighted by atomic mass is 79.9. The van der Waals surface area contributed by atoms with E-state index in [1.165, 1.54) is 0 Å². The van der Waals surface area contributed by atoms with Gasteiger partial charge in [-0.05, 0) is 47.0 Å². The second kappa shape index (κ2) is 4.42. The molecule has 0 unspecified atom stereocenters. The molecule has 0 aliphatic heterocycles. The fraction of sp³-hybridized carbons (Fsp3) is 0.400. The molecule has 106 valence electrons. The van der Waals surface area contributed by atoms with Crippen molar-refractivity contribution in [3.8, 4) is 0 Å². The molecule has 0 aromatic heterocycles. The van der Waals surface area contributed by atoms with Crippen LogP contribution in [0.4, 0.5) is 17.6 Å². The number of alkyl halides is 3. The molecule has 1 aromatic carbocycles. The molecule has 1 fully saturated rings. The average molecular weight is 362 g/mol. The molecular weight excluding hydrogens is 354 g/mol. The molecule has 0 spiro atoms. The van der Waals surface area contributed by atoms with E-state index < -0.39 is 32.5 Å². The predicted molar refractivity (Wildman–Crippen MR) is 62.4 cm³/mol. The molecule has 3 nitrogen and oxygen atoms in total. The minimum absolute atomic E-state index is 0.127. The highest BCUT2D eigenvalue weighted by Gasteiger charge is 2.65. The number of nitrogens with one attached hydrogen (secondary N) is 1. The van der Waals surface area contributed by atoms with Crippen molar-refractivity contribution in [2.24, 2.45) is 0 Å². The van der Waals surface area contributed by atoms with Crippen LogP contribution in [0.25, 0.3) is 0 Å². The van der Waals surface area contributed by atoms with E-state index in [9.17, 15) is 26.0 Å². The summed E-state index contributed by atoms with van der Waals surface area (Å²) in [7, 11) is -4.37. The summed E-state index contributed by atoms with van der Waals surface area (Å²) >= 11 is 2.82. The van der Waals surface area contributed by atoms with Gasteiger partial charge in [0.25, 0.3) is 0 Å². The van der Waals surface area contributed by atoms with Crippen molar-refractivity contribution in [2.45, 2.75) is 29.5 Å². The molecule has 1 N–H and O–H groups in total. The molecule has 0 atom stereocenters. The summed E-state index contributed by atoms with van der Waals surface area (Å²) in [5.41, 5.74) is -2.39. The first kappa shape index (κ1) is 14.7. The van der Waals surface area contributed by atoms with Gasteiger partial charge in [-0.1, -0.05) is 0 Å². The van der Waals surface area contributed by atoms with Crippen molar-refractivity contribution in [1.82, 2.24) is 4.72 Å². The molecule has 1 aliphatic carbocycles. The standard InChI is InChI=1S/C10H8BrF4NO2S/c11-7-5-6(12)1-2-8(7)19(17,18)16-9(3-4-9)10(13,14)15/h1-2,5,16H,3-4H2. The van der Waals surface area contributed by atoms with E-state index >= 15 is 0 Å². The largest absolute Gasteiger partial charge is 0.407 e. The van der Waals surface area contributed by atoms with E-state index in [1.807, 2.05) is 0 Å². The van der Waals surface area contributed by atoms with Crippen LogP contribution in [0.15, 0.2) is 27.6 Å². The molecular formula is C10H8BrF4NO2S. The number of hydrogen-bond donors (Lipinski definition) is 1. The third-order valence-electron chi connectivity index (χ3n) is 2.81. The van der Waals surface area contributed by atoms with Gasteiger partial charge < -0.3 is 0 Å². The Morgan fingerprint density at radius 2 is 1.84 bits per heavy atom. The molecule has 19 heavy (non-hydrogen) atoms. The van der Waals surface area contributed by atoms with Crippen LogP contribution in [0, 0.1) is 5.82 Å². The lowest BCUT2D eigenvalue weighted by Gasteiger charge is -2.21. The Morgan fingerprint density at radius 3 is 2.26 bits per heavy atom. The molecule has 9 heteroatoms. The molecule has 1 aromatic rings. The fourth-order valence-electron chi connectivity index (χ4n) is 1.57. The first-order valence-corrected chi connectivity index (χ1v) is 7.41. The fourth-order valence-corrected chi connectivity index (χ4v) is 4.07. The van der Waals surface area contributed by atoms with Crippen LogP contribution in [0.5, 0.6) is 0 Å². The Morgan fingerprint density at radius 1 is 1.26 bits per heavy atom. The Labute approximate surface area is 115 Å². The van der Waals surface area contributed by atoms with E-state index in [0.29, 0.717) is 0 Å². The zero-order valence-corrected chi connectivity index (χ0v) is 11.7. The lowest BCUT2D eigenvalue weighted by molar-refractivity contribution is -0.160. The minimum Gasteiger partial charge on any atom is -0.207 e. The Hall–Kier alpha value is -0.670. The second-order valence-corrected chi connectivity index (χ2v) is 6.77. The van der Waals surface area contributed by atoms with Gasteiger partial charge in [-0.2, -0.15) is 17.9 Å². The average Bonchev–Trinajstić information content (AvgIpc) is 2.96. The van der Waals surface area contributed by atoms with Gasteiger partial charge in [0.1, 0.15) is 11.4 Å². The van der Waals surface area contributed by atoms with Gasteiger partial charge in [-0.15, -0.1) is 0 Å². The van der Waals surface area contributed by atoms with Gasteiger partial charge >= 0.3 is 6.18 Å². The summed E-state index contributed by atoms with van der Waals surface area (Å²) in [6, 6.07) is 2.66. The Bertz CT molecular complexity index is 610. The Kier molecular flexibility index (Phi) is 3.43. The lowest BCUT2D eigenvalue weighted by atomic mass is 10.3. The van der Waals surface area contributed by atoms with E-state index in [2.05, 4.69) is 15.9 Å². The number of sulfonamides is 1. The number of rotatable bonds is 3. The van der Waals surface area contributed by atoms with Crippen molar-refractivity contribution in [3.05, 3.63) is 28.5 Å². The number of benzene rings is 1. The molecule has 0 heterocycles. The topological polar surface area (TPSA) is 46.2 Å². The summed E-state index contributed by atoms with van der Waals surface area (Å²) in [5.74, 6) is -0.692. The molecule has 0 radical (unpaired) electrons. The first-order valence-electron chi connectivity index (χ1n) is 5.13. The highest BCUT2D eigenvalue weighted by Crippen LogP contribution is 2.49. The monoisotopic (exact) mass is 361 g/mol. The van der Waals surface area contributed by atoms with Gasteiger partial charge in [-0.3, -0.25) is 0 Å². The predicted octanol–water partition coefficient (Wildman–Crippen LogP) is 2.96. The van der Waals surface area contributed by atoms with E-state index in [1.54, 1.807) is 4.72 Å². The zero-order chi connectivity index (χ0) is 14.5. The molecule has 1 saturated carbocycles. The van der Waals surface area contributed by atoms with Gasteiger partial charge in [0.2, 0.25) is 10.0 Å². The van der Waals surface area contributed by atoms with Gasteiger partial charge in [0, 0.05) is 4.47 Å². The summed E-state index contributed by atoms with van der Waals surface area (Å²) < 4.78 is 76.3. The maximum absolute atomic E-state index is 12.8. The number of hydrogen-bond acceptors (Lipinski definition) is 2. The quantitative estimate of drug-likeness (QED) is 0.841. The molecule has 0 amide bonds. The van der Waals surface area contributed by atoms with Crippen LogP contribution in [0.2, 0.25) is 0 Å². The van der Waals surface area contributed by atoms with Crippen LogP contribution in [0.1, 0.15) is 12.8 Å². The number of halogens is 5. The van der Waals surface area contributed by atoms with Crippen molar-refractivity contribution in [2.75, 3.05) is 0 Å². The third kappa shape index (κ3) is 2.77. The van der Waals surface area contributed by atoms with Crippen LogP contribution in [-0.4, -0.2) is 20.1 Å². The smallest absolute Gasteiger partial charge is 0.207 e. The third-order valence-corrected chi connectivity index (χ3v) is 5.32. The van der Waals surface area contributed by atoms with E-state index in [-0.39, 0.29) is 17.3 Å². The summed E-state index contributed by atoms with van der Waals surface area (Å²) in [4.78, 5) is -0.426. The first-order chi connectivity index (χ1) is 8.57. The van der Waals surface area contributed by atoms with Gasteiger partial charge in [0.15, 0.2) is 0 Å². The van der Waals surface area contributed by atoms with Crippen molar-refractivity contribution >= 4 is 26.0 Å². The molecule has 0 saturated heterocycles. The normalized spacial score (nSPS) is 18.4. The van der Waals surface area contributed by atoms with Gasteiger partial charge in [-0.25, -0.2) is 12.8 Å². The summed E-state index contributed by atoms with van der Waals surface area (Å²) in [6.45, 7) is 0. The van der Waals surface area contributed by atoms with Crippen LogP contribution < -0.4 is 4.72 Å². The molecule has 0 bridgehead atoms. The lowest BCUT2D eigenvalue weighted by Crippen LogP contribution is -2.47.